The maximum absolute atomic E-state index is 13.1. The van der Waals surface area contributed by atoms with E-state index < -0.39 is 12.1 Å². The number of aryl methyl sites for hydroxylation is 1. The van der Waals surface area contributed by atoms with Crippen molar-refractivity contribution in [1.29, 1.82) is 0 Å². The summed E-state index contributed by atoms with van der Waals surface area (Å²) >= 11 is 1.41. The number of phenols is 1. The molecule has 2 aromatic rings. The van der Waals surface area contributed by atoms with Crippen LogP contribution in [0.2, 0.25) is 0 Å². The van der Waals surface area contributed by atoms with E-state index in [0.29, 0.717) is 10.7 Å². The average molecular weight is 388 g/mol. The van der Waals surface area contributed by atoms with Gasteiger partial charge in [-0.1, -0.05) is 25.3 Å². The van der Waals surface area contributed by atoms with Gasteiger partial charge >= 0.3 is 5.97 Å². The maximum Gasteiger partial charge on any atom is 0.339 e. The van der Waals surface area contributed by atoms with Crippen LogP contribution in [-0.4, -0.2) is 34.1 Å². The molecule has 7 heteroatoms. The fourth-order valence-electron chi connectivity index (χ4n) is 3.32. The van der Waals surface area contributed by atoms with E-state index in [-0.39, 0.29) is 23.3 Å². The van der Waals surface area contributed by atoms with E-state index in [2.05, 4.69) is 4.98 Å². The molecule has 0 spiro atoms. The number of hydrogen-bond donors (Lipinski definition) is 1. The van der Waals surface area contributed by atoms with Crippen LogP contribution in [0.5, 0.6) is 5.75 Å². The summed E-state index contributed by atoms with van der Waals surface area (Å²) in [7, 11) is 0. The van der Waals surface area contributed by atoms with Crippen LogP contribution >= 0.6 is 11.3 Å². The maximum atomic E-state index is 13.1. The molecular formula is C20H24N2O4S. The van der Waals surface area contributed by atoms with Gasteiger partial charge < -0.3 is 9.84 Å². The summed E-state index contributed by atoms with van der Waals surface area (Å²) in [6.07, 6.45) is 5.93. The van der Waals surface area contributed by atoms with Gasteiger partial charge in [-0.25, -0.2) is 9.78 Å². The molecule has 1 saturated carbocycles. The number of aromatic nitrogens is 1. The highest BCUT2D eigenvalue weighted by Gasteiger charge is 2.33. The second kappa shape index (κ2) is 8.52. The van der Waals surface area contributed by atoms with E-state index in [1.807, 2.05) is 5.38 Å². The number of ether oxygens (including phenoxy) is 1. The average Bonchev–Trinajstić information content (AvgIpc) is 3.19. The van der Waals surface area contributed by atoms with Gasteiger partial charge in [-0.05, 0) is 44.4 Å². The number of carbonyl (C=O) groups excluding carboxylic acids is 2. The number of rotatable bonds is 5. The molecule has 1 unspecified atom stereocenters. The molecule has 27 heavy (non-hydrogen) atoms. The lowest BCUT2D eigenvalue weighted by Crippen LogP contribution is -2.47. The van der Waals surface area contributed by atoms with Crippen molar-refractivity contribution >= 4 is 28.3 Å². The first-order chi connectivity index (χ1) is 13.0. The van der Waals surface area contributed by atoms with Crippen LogP contribution in [0, 0.1) is 6.92 Å². The number of anilines is 1. The Morgan fingerprint density at radius 2 is 2.04 bits per heavy atom. The van der Waals surface area contributed by atoms with E-state index >= 15 is 0 Å². The second-order valence-electron chi connectivity index (χ2n) is 6.86. The van der Waals surface area contributed by atoms with Crippen LogP contribution in [0.1, 0.15) is 54.9 Å². The highest BCUT2D eigenvalue weighted by atomic mass is 32.1. The highest BCUT2D eigenvalue weighted by Crippen LogP contribution is 2.30. The van der Waals surface area contributed by atoms with Gasteiger partial charge in [0.2, 0.25) is 0 Å². The van der Waals surface area contributed by atoms with Gasteiger partial charge in [-0.15, -0.1) is 11.3 Å². The molecule has 0 aliphatic heterocycles. The molecule has 6 nitrogen and oxygen atoms in total. The van der Waals surface area contributed by atoms with E-state index in [9.17, 15) is 14.7 Å². The molecule has 0 saturated heterocycles. The number of benzene rings is 1. The van der Waals surface area contributed by atoms with Crippen LogP contribution in [0.25, 0.3) is 0 Å². The lowest BCUT2D eigenvalue weighted by atomic mass is 9.94. The highest BCUT2D eigenvalue weighted by molar-refractivity contribution is 7.13. The van der Waals surface area contributed by atoms with Crippen molar-refractivity contribution in [2.45, 2.75) is 58.1 Å². The van der Waals surface area contributed by atoms with Gasteiger partial charge in [-0.3, -0.25) is 9.69 Å². The Bertz CT molecular complexity index is 800. The lowest BCUT2D eigenvalue weighted by molar-refractivity contribution is -0.127. The lowest BCUT2D eigenvalue weighted by Gasteiger charge is -2.33. The Morgan fingerprint density at radius 1 is 1.30 bits per heavy atom. The summed E-state index contributed by atoms with van der Waals surface area (Å²) in [5, 5.41) is 12.3. The molecule has 0 bridgehead atoms. The van der Waals surface area contributed by atoms with Crippen molar-refractivity contribution < 1.29 is 19.4 Å². The van der Waals surface area contributed by atoms with E-state index in [1.54, 1.807) is 37.1 Å². The SMILES string of the molecule is Cc1ccc(C(=O)OC(C)C(=O)N(c2nccs2)C2CCCCC2)cc1O. The zero-order valence-electron chi connectivity index (χ0n) is 15.6. The van der Waals surface area contributed by atoms with Gasteiger partial charge in [-0.2, -0.15) is 0 Å². The van der Waals surface area contributed by atoms with Crippen molar-refractivity contribution in [3.8, 4) is 5.75 Å². The Labute approximate surface area is 162 Å². The molecule has 3 rings (SSSR count). The molecule has 1 aromatic heterocycles. The summed E-state index contributed by atoms with van der Waals surface area (Å²) in [4.78, 5) is 31.5. The molecule has 1 atom stereocenters. The first-order valence-corrected chi connectivity index (χ1v) is 10.1. The molecule has 0 radical (unpaired) electrons. The van der Waals surface area contributed by atoms with Crippen LogP contribution < -0.4 is 4.90 Å². The number of nitrogens with zero attached hydrogens (tertiary/aromatic N) is 2. The van der Waals surface area contributed by atoms with Crippen molar-refractivity contribution in [1.82, 2.24) is 4.98 Å². The quantitative estimate of drug-likeness (QED) is 0.781. The summed E-state index contributed by atoms with van der Waals surface area (Å²) in [6.45, 7) is 3.32. The van der Waals surface area contributed by atoms with Crippen LogP contribution in [0.3, 0.4) is 0 Å². The zero-order chi connectivity index (χ0) is 19.4. The minimum absolute atomic E-state index is 0.0232. The predicted octanol–water partition coefficient (Wildman–Crippen LogP) is 4.07. The van der Waals surface area contributed by atoms with Gasteiger partial charge in [0, 0.05) is 17.6 Å². The zero-order valence-corrected chi connectivity index (χ0v) is 16.4. The standard InChI is InChI=1S/C20H24N2O4S/c1-13-8-9-15(12-17(13)23)19(25)26-14(2)18(24)22(20-21-10-11-27-20)16-6-4-3-5-7-16/h8-12,14,16,23H,3-7H2,1-2H3. The first-order valence-electron chi connectivity index (χ1n) is 9.20. The molecule has 1 fully saturated rings. The largest absolute Gasteiger partial charge is 0.508 e. The van der Waals surface area contributed by atoms with Crippen LogP contribution in [0.4, 0.5) is 5.13 Å². The molecular weight excluding hydrogens is 364 g/mol. The third kappa shape index (κ3) is 4.47. The summed E-state index contributed by atoms with van der Waals surface area (Å²) in [5.41, 5.74) is 0.888. The molecule has 144 valence electrons. The molecule has 1 amide bonds. The smallest absolute Gasteiger partial charge is 0.339 e. The molecule has 1 aliphatic carbocycles. The summed E-state index contributed by atoms with van der Waals surface area (Å²) in [5.74, 6) is -0.870. The van der Waals surface area contributed by atoms with Crippen molar-refractivity contribution in [2.24, 2.45) is 0 Å². The summed E-state index contributed by atoms with van der Waals surface area (Å²) < 4.78 is 5.40. The molecule has 1 heterocycles. The predicted molar refractivity (Wildman–Crippen MR) is 104 cm³/mol. The number of amides is 1. The van der Waals surface area contributed by atoms with Gasteiger partial charge in [0.05, 0.1) is 5.56 Å². The second-order valence-corrected chi connectivity index (χ2v) is 7.74. The molecule has 1 aromatic carbocycles. The Hall–Kier alpha value is -2.41. The van der Waals surface area contributed by atoms with Gasteiger partial charge in [0.1, 0.15) is 5.75 Å². The third-order valence-electron chi connectivity index (χ3n) is 4.88. The number of thiazole rings is 1. The van der Waals surface area contributed by atoms with E-state index in [0.717, 1.165) is 25.7 Å². The normalized spacial score (nSPS) is 15.9. The van der Waals surface area contributed by atoms with E-state index in [4.69, 9.17) is 4.74 Å². The van der Waals surface area contributed by atoms with Crippen molar-refractivity contribution in [2.75, 3.05) is 4.90 Å². The topological polar surface area (TPSA) is 79.7 Å². The fraction of sp³-hybridized carbons (Fsp3) is 0.450. The van der Waals surface area contributed by atoms with Crippen LogP contribution in [0.15, 0.2) is 29.8 Å². The molecule has 1 N–H and O–H groups in total. The fourth-order valence-corrected chi connectivity index (χ4v) is 4.03. The van der Waals surface area contributed by atoms with Gasteiger partial charge in [0.15, 0.2) is 11.2 Å². The first kappa shape index (κ1) is 19.4. The van der Waals surface area contributed by atoms with Crippen LogP contribution in [-0.2, 0) is 9.53 Å². The minimum Gasteiger partial charge on any atom is -0.508 e. The van der Waals surface area contributed by atoms with Crippen molar-refractivity contribution in [3.63, 3.8) is 0 Å². The Balaban J connectivity index is 1.74. The molecule has 1 aliphatic rings. The minimum atomic E-state index is -0.938. The number of hydrogen-bond acceptors (Lipinski definition) is 6. The Morgan fingerprint density at radius 3 is 2.67 bits per heavy atom. The Kier molecular flexibility index (Phi) is 6.11. The van der Waals surface area contributed by atoms with E-state index in [1.165, 1.54) is 23.8 Å². The number of esters is 1. The summed E-state index contributed by atoms with van der Waals surface area (Å²) in [6, 6.07) is 4.66. The van der Waals surface area contributed by atoms with Gasteiger partial charge in [0.25, 0.3) is 5.91 Å². The third-order valence-corrected chi connectivity index (χ3v) is 5.65. The number of aromatic hydroxyl groups is 1. The number of phenolic OH excluding ortho intramolecular Hbond substituents is 1. The van der Waals surface area contributed by atoms with Crippen molar-refractivity contribution in [3.05, 3.63) is 40.9 Å². The monoisotopic (exact) mass is 388 g/mol. The number of carbonyl (C=O) groups is 2.